The van der Waals surface area contributed by atoms with Gasteiger partial charge in [-0.1, -0.05) is 6.07 Å². The highest BCUT2D eigenvalue weighted by atomic mass is 32.1. The van der Waals surface area contributed by atoms with E-state index in [2.05, 4.69) is 0 Å². The lowest BCUT2D eigenvalue weighted by molar-refractivity contribution is -0.132. The number of hydrogen-bond donors (Lipinski definition) is 1. The highest BCUT2D eigenvalue weighted by Crippen LogP contribution is 2.45. The number of rotatable bonds is 3. The fourth-order valence-electron chi connectivity index (χ4n) is 3.83. The number of amides is 1. The molecule has 1 unspecified atom stereocenters. The van der Waals surface area contributed by atoms with Gasteiger partial charge in [0, 0.05) is 16.1 Å². The maximum Gasteiger partial charge on any atom is 0.300 e. The first-order valence-corrected chi connectivity index (χ1v) is 10.8. The zero-order valence-corrected chi connectivity index (χ0v) is 18.5. The minimum atomic E-state index is -0.757. The molecule has 0 radical (unpaired) electrons. The summed E-state index contributed by atoms with van der Waals surface area (Å²) in [5.41, 5.74) is 4.25. The molecule has 1 aliphatic heterocycles. The second-order valence-electron chi connectivity index (χ2n) is 7.87. The standard InChI is InChI=1S/C25H22FNO3S/c1-13-5-7-18(12-15(13)3)27-21(24-14(2)9-10-31-24)20(23(29)25(27)30)22(28)17-6-8-19(26)16(4)11-17/h5-12,21,28H,1-4H3/b22-20-. The number of aliphatic hydroxyl groups is 1. The zero-order chi connectivity index (χ0) is 22.4. The maximum absolute atomic E-state index is 13.8. The quantitative estimate of drug-likeness (QED) is 0.324. The van der Waals surface area contributed by atoms with Gasteiger partial charge in [-0.2, -0.15) is 0 Å². The largest absolute Gasteiger partial charge is 0.507 e. The number of ketones is 1. The number of aryl methyl sites for hydroxylation is 4. The summed E-state index contributed by atoms with van der Waals surface area (Å²) in [4.78, 5) is 28.6. The number of aliphatic hydroxyl groups excluding tert-OH is 1. The van der Waals surface area contributed by atoms with Crippen LogP contribution in [0.3, 0.4) is 0 Å². The van der Waals surface area contributed by atoms with E-state index < -0.39 is 23.5 Å². The van der Waals surface area contributed by atoms with E-state index in [1.165, 1.54) is 34.4 Å². The van der Waals surface area contributed by atoms with Gasteiger partial charge in [0.25, 0.3) is 11.7 Å². The van der Waals surface area contributed by atoms with E-state index in [-0.39, 0.29) is 11.3 Å². The van der Waals surface area contributed by atoms with Crippen LogP contribution in [-0.2, 0) is 9.59 Å². The van der Waals surface area contributed by atoms with Gasteiger partial charge in [0.1, 0.15) is 17.6 Å². The molecule has 1 fully saturated rings. The summed E-state index contributed by atoms with van der Waals surface area (Å²) in [6.07, 6.45) is 0. The van der Waals surface area contributed by atoms with Crippen molar-refractivity contribution in [1.29, 1.82) is 0 Å². The van der Waals surface area contributed by atoms with Crippen molar-refractivity contribution < 1.29 is 19.1 Å². The van der Waals surface area contributed by atoms with Crippen molar-refractivity contribution in [3.63, 3.8) is 0 Å². The van der Waals surface area contributed by atoms with Crippen LogP contribution in [0.15, 0.2) is 53.4 Å². The highest BCUT2D eigenvalue weighted by molar-refractivity contribution is 7.10. The first-order chi connectivity index (χ1) is 14.7. The third kappa shape index (κ3) is 3.47. The number of anilines is 1. The lowest BCUT2D eigenvalue weighted by Gasteiger charge is -2.25. The Morgan fingerprint density at radius 3 is 2.29 bits per heavy atom. The molecular weight excluding hydrogens is 413 g/mol. The number of Topliss-reactive ketones (excluding diaryl/α,β-unsaturated/α-hetero) is 1. The summed E-state index contributed by atoms with van der Waals surface area (Å²) >= 11 is 1.43. The Balaban J connectivity index is 1.96. The lowest BCUT2D eigenvalue weighted by atomic mass is 9.97. The van der Waals surface area contributed by atoms with Crippen molar-refractivity contribution in [2.75, 3.05) is 4.90 Å². The number of benzene rings is 2. The molecule has 1 atom stereocenters. The van der Waals surface area contributed by atoms with E-state index in [1.54, 1.807) is 6.92 Å². The third-order valence-electron chi connectivity index (χ3n) is 5.79. The molecule has 0 aliphatic carbocycles. The molecule has 2 heterocycles. The first kappa shape index (κ1) is 21.0. The molecule has 0 saturated carbocycles. The first-order valence-electron chi connectivity index (χ1n) is 9.89. The number of hydrogen-bond acceptors (Lipinski definition) is 4. The molecule has 1 aromatic heterocycles. The van der Waals surface area contributed by atoms with Gasteiger partial charge in [0.05, 0.1) is 5.57 Å². The number of nitrogens with zero attached hydrogens (tertiary/aromatic N) is 1. The molecule has 1 N–H and O–H groups in total. The number of thiophene rings is 1. The van der Waals surface area contributed by atoms with Crippen LogP contribution >= 0.6 is 11.3 Å². The Morgan fingerprint density at radius 2 is 1.68 bits per heavy atom. The van der Waals surface area contributed by atoms with Crippen molar-refractivity contribution in [2.24, 2.45) is 0 Å². The average molecular weight is 436 g/mol. The summed E-state index contributed by atoms with van der Waals surface area (Å²) in [6.45, 7) is 7.42. The maximum atomic E-state index is 13.8. The van der Waals surface area contributed by atoms with Gasteiger partial charge in [-0.05, 0) is 91.7 Å². The summed E-state index contributed by atoms with van der Waals surface area (Å²) in [5.74, 6) is -2.15. The zero-order valence-electron chi connectivity index (χ0n) is 17.7. The SMILES string of the molecule is Cc1ccc(N2C(=O)C(=O)/C(=C(\O)c3ccc(F)c(C)c3)C2c2sccc2C)cc1C. The third-order valence-corrected chi connectivity index (χ3v) is 6.87. The monoisotopic (exact) mass is 435 g/mol. The van der Waals surface area contributed by atoms with Gasteiger partial charge in [0.2, 0.25) is 0 Å². The Kier molecular flexibility index (Phi) is 5.27. The molecule has 2 aromatic carbocycles. The minimum Gasteiger partial charge on any atom is -0.507 e. The molecule has 6 heteroatoms. The van der Waals surface area contributed by atoms with Crippen molar-refractivity contribution in [3.8, 4) is 0 Å². The van der Waals surface area contributed by atoms with Crippen LogP contribution in [0.5, 0.6) is 0 Å². The molecule has 4 nitrogen and oxygen atoms in total. The molecule has 1 amide bonds. The van der Waals surface area contributed by atoms with Crippen LogP contribution in [0.4, 0.5) is 10.1 Å². The fraction of sp³-hybridized carbons (Fsp3) is 0.200. The van der Waals surface area contributed by atoms with Crippen LogP contribution < -0.4 is 4.90 Å². The molecule has 1 saturated heterocycles. The van der Waals surface area contributed by atoms with Gasteiger partial charge in [-0.15, -0.1) is 11.3 Å². The minimum absolute atomic E-state index is 0.0137. The fourth-order valence-corrected chi connectivity index (χ4v) is 4.86. The van der Waals surface area contributed by atoms with Gasteiger partial charge >= 0.3 is 0 Å². The number of halogens is 1. The van der Waals surface area contributed by atoms with Crippen LogP contribution in [-0.4, -0.2) is 16.8 Å². The second-order valence-corrected chi connectivity index (χ2v) is 8.82. The van der Waals surface area contributed by atoms with Crippen molar-refractivity contribution in [1.82, 2.24) is 0 Å². The lowest BCUT2D eigenvalue weighted by Crippen LogP contribution is -2.29. The Labute approximate surface area is 184 Å². The van der Waals surface area contributed by atoms with Crippen molar-refractivity contribution in [3.05, 3.63) is 91.9 Å². The predicted octanol–water partition coefficient (Wildman–Crippen LogP) is 5.75. The molecule has 1 aliphatic rings. The molecular formula is C25H22FNO3S. The van der Waals surface area contributed by atoms with Crippen molar-refractivity contribution in [2.45, 2.75) is 33.7 Å². The summed E-state index contributed by atoms with van der Waals surface area (Å²) in [7, 11) is 0. The topological polar surface area (TPSA) is 57.6 Å². The van der Waals surface area contributed by atoms with E-state index in [4.69, 9.17) is 0 Å². The molecule has 0 bridgehead atoms. The van der Waals surface area contributed by atoms with Gasteiger partial charge in [-0.25, -0.2) is 4.39 Å². The van der Waals surface area contributed by atoms with Crippen molar-refractivity contribution >= 4 is 34.5 Å². The predicted molar refractivity (Wildman–Crippen MR) is 121 cm³/mol. The van der Waals surface area contributed by atoms with E-state index in [9.17, 15) is 19.1 Å². The van der Waals surface area contributed by atoms with Crippen LogP contribution in [0.25, 0.3) is 5.76 Å². The normalized spacial score (nSPS) is 18.1. The summed E-state index contributed by atoms with van der Waals surface area (Å²) in [6, 6.07) is 10.9. The molecule has 3 aromatic rings. The Morgan fingerprint density at radius 1 is 0.935 bits per heavy atom. The van der Waals surface area contributed by atoms with E-state index >= 15 is 0 Å². The summed E-state index contributed by atoms with van der Waals surface area (Å²) < 4.78 is 13.8. The molecule has 31 heavy (non-hydrogen) atoms. The van der Waals surface area contributed by atoms with Crippen LogP contribution in [0, 0.1) is 33.5 Å². The molecule has 0 spiro atoms. The van der Waals surface area contributed by atoms with E-state index in [0.29, 0.717) is 16.8 Å². The summed E-state index contributed by atoms with van der Waals surface area (Å²) in [5, 5.41) is 13.0. The van der Waals surface area contributed by atoms with Gasteiger partial charge < -0.3 is 5.11 Å². The Bertz CT molecular complexity index is 1260. The number of carbonyl (C=O) groups excluding carboxylic acids is 2. The van der Waals surface area contributed by atoms with E-state index in [0.717, 1.165) is 21.6 Å². The molecule has 158 valence electrons. The molecule has 4 rings (SSSR count). The van der Waals surface area contributed by atoms with Crippen LogP contribution in [0.2, 0.25) is 0 Å². The smallest absolute Gasteiger partial charge is 0.300 e. The van der Waals surface area contributed by atoms with Gasteiger partial charge in [0.15, 0.2) is 0 Å². The van der Waals surface area contributed by atoms with Gasteiger partial charge in [-0.3, -0.25) is 14.5 Å². The van der Waals surface area contributed by atoms with E-state index in [1.807, 2.05) is 50.4 Å². The Hall–Kier alpha value is -3.25. The van der Waals surface area contributed by atoms with Crippen LogP contribution in [0.1, 0.15) is 38.7 Å². The number of carbonyl (C=O) groups is 2. The second kappa shape index (κ2) is 7.78. The average Bonchev–Trinajstić information content (AvgIpc) is 3.26. The highest BCUT2D eigenvalue weighted by Gasteiger charge is 2.48.